The Morgan fingerprint density at radius 1 is 1.21 bits per heavy atom. The zero-order chi connectivity index (χ0) is 23.9. The van der Waals surface area contributed by atoms with Crippen LogP contribution < -0.4 is 5.32 Å². The molecule has 1 N–H and O–H groups in total. The molecule has 0 saturated carbocycles. The molecule has 0 amide bonds. The average Bonchev–Trinajstić information content (AvgIpc) is 3.22. The van der Waals surface area contributed by atoms with Crippen molar-refractivity contribution in [3.05, 3.63) is 42.1 Å². The number of piperidine rings is 1. The van der Waals surface area contributed by atoms with Crippen LogP contribution in [0.25, 0.3) is 16.7 Å². The van der Waals surface area contributed by atoms with Crippen molar-refractivity contribution in [2.24, 2.45) is 21.8 Å². The molecule has 0 bridgehead atoms. The predicted octanol–water partition coefficient (Wildman–Crippen LogP) is 4.44. The largest absolute Gasteiger partial charge is 0.368 e. The fourth-order valence-corrected chi connectivity index (χ4v) is 5.72. The lowest BCUT2D eigenvalue weighted by molar-refractivity contribution is 0.226. The van der Waals surface area contributed by atoms with Crippen LogP contribution in [0, 0.1) is 11.8 Å². The van der Waals surface area contributed by atoms with Crippen LogP contribution in [-0.4, -0.2) is 62.8 Å². The predicted molar refractivity (Wildman–Crippen MR) is 139 cm³/mol. The van der Waals surface area contributed by atoms with E-state index in [0.29, 0.717) is 16.6 Å². The average molecular weight is 478 g/mol. The fraction of sp³-hybridized carbons (Fsp3) is 0.423. The van der Waals surface area contributed by atoms with Gasteiger partial charge in [-0.3, -0.25) is 0 Å². The van der Waals surface area contributed by atoms with Crippen molar-refractivity contribution in [2.75, 3.05) is 37.8 Å². The van der Waals surface area contributed by atoms with Gasteiger partial charge in [-0.05, 0) is 56.6 Å². The van der Waals surface area contributed by atoms with Gasteiger partial charge in [0.15, 0.2) is 21.5 Å². The normalized spacial score (nSPS) is 20.5. The highest BCUT2D eigenvalue weighted by molar-refractivity contribution is 7.91. The molecule has 34 heavy (non-hydrogen) atoms. The van der Waals surface area contributed by atoms with Crippen LogP contribution in [0.2, 0.25) is 0 Å². The van der Waals surface area contributed by atoms with E-state index in [4.69, 9.17) is 9.98 Å². The maximum absolute atomic E-state index is 12.5. The standard InChI is InChI=1S/C26H31N5O2S/c1-4-34(32,33)20-7-5-6-19(13-20)22-16-29-26(28-15-18-8-10-31(3)11-9-18)24-23(22)21-12-17(2)14-27-25(21)30-24/h5-7,12-14,16-18H,4,8-11,15H2,1-3H3,(H,28,29). The molecule has 1 fully saturated rings. The molecule has 3 aliphatic rings. The molecular weight excluding hydrogens is 446 g/mol. The van der Waals surface area contributed by atoms with Crippen LogP contribution in [0.15, 0.2) is 51.4 Å². The van der Waals surface area contributed by atoms with Crippen LogP contribution in [0.5, 0.6) is 0 Å². The van der Waals surface area contributed by atoms with Crippen LogP contribution in [-0.2, 0) is 9.84 Å². The first kappa shape index (κ1) is 22.9. The van der Waals surface area contributed by atoms with E-state index in [1.165, 1.54) is 12.8 Å². The summed E-state index contributed by atoms with van der Waals surface area (Å²) in [7, 11) is -1.14. The number of anilines is 1. The first-order valence-corrected chi connectivity index (χ1v) is 13.6. The van der Waals surface area contributed by atoms with Crippen LogP contribution in [0.4, 0.5) is 11.5 Å². The van der Waals surface area contributed by atoms with Gasteiger partial charge in [-0.15, -0.1) is 0 Å². The number of sulfone groups is 1. The lowest BCUT2D eigenvalue weighted by Crippen LogP contribution is -2.33. The lowest BCUT2D eigenvalue weighted by Gasteiger charge is -2.29. The van der Waals surface area contributed by atoms with Gasteiger partial charge in [0.2, 0.25) is 0 Å². The van der Waals surface area contributed by atoms with E-state index in [0.717, 1.165) is 53.4 Å². The Labute approximate surface area is 201 Å². The topological polar surface area (TPSA) is 87.0 Å². The fourth-order valence-electron chi connectivity index (χ4n) is 4.79. The summed E-state index contributed by atoms with van der Waals surface area (Å²) in [6, 6.07) is 7.13. The third-order valence-corrected chi connectivity index (χ3v) is 8.66. The van der Waals surface area contributed by atoms with E-state index >= 15 is 0 Å². The minimum Gasteiger partial charge on any atom is -0.368 e. The molecule has 1 aromatic heterocycles. The molecule has 0 radical (unpaired) electrons. The van der Waals surface area contributed by atoms with Crippen molar-refractivity contribution in [1.82, 2.24) is 9.88 Å². The first-order valence-electron chi connectivity index (χ1n) is 12.0. The van der Waals surface area contributed by atoms with E-state index < -0.39 is 9.84 Å². The molecule has 1 aromatic carbocycles. The minimum atomic E-state index is -3.31. The van der Waals surface area contributed by atoms with E-state index in [-0.39, 0.29) is 11.7 Å². The van der Waals surface area contributed by atoms with Gasteiger partial charge in [0.05, 0.1) is 10.6 Å². The third kappa shape index (κ3) is 4.32. The molecule has 0 spiro atoms. The summed E-state index contributed by atoms with van der Waals surface area (Å²) in [5, 5.41) is 3.56. The van der Waals surface area contributed by atoms with Gasteiger partial charge in [-0.25, -0.2) is 23.4 Å². The second-order valence-electron chi connectivity index (χ2n) is 9.46. The first-order chi connectivity index (χ1) is 16.4. The lowest BCUT2D eigenvalue weighted by atomic mass is 9.92. The van der Waals surface area contributed by atoms with Gasteiger partial charge in [0.25, 0.3) is 0 Å². The maximum Gasteiger partial charge on any atom is 0.178 e. The second kappa shape index (κ2) is 9.07. The second-order valence-corrected chi connectivity index (χ2v) is 11.7. The number of dihydropyridines is 1. The Balaban J connectivity index is 1.55. The Morgan fingerprint density at radius 3 is 2.76 bits per heavy atom. The molecule has 1 unspecified atom stereocenters. The van der Waals surface area contributed by atoms with Crippen molar-refractivity contribution in [3.63, 3.8) is 0 Å². The molecule has 178 valence electrons. The van der Waals surface area contributed by atoms with Gasteiger partial charge >= 0.3 is 0 Å². The summed E-state index contributed by atoms with van der Waals surface area (Å²) in [6.45, 7) is 6.87. The highest BCUT2D eigenvalue weighted by Gasteiger charge is 2.30. The van der Waals surface area contributed by atoms with E-state index in [9.17, 15) is 8.42 Å². The number of fused-ring (bicyclic) bond motifs is 3. The summed E-state index contributed by atoms with van der Waals surface area (Å²) < 4.78 is 25.0. The van der Waals surface area contributed by atoms with Crippen LogP contribution >= 0.6 is 0 Å². The summed E-state index contributed by atoms with van der Waals surface area (Å²) in [4.78, 5) is 16.9. The van der Waals surface area contributed by atoms with Crippen molar-refractivity contribution in [1.29, 1.82) is 0 Å². The number of benzene rings is 1. The monoisotopic (exact) mass is 477 g/mol. The number of pyridine rings is 1. The maximum atomic E-state index is 12.5. The molecule has 3 aliphatic heterocycles. The third-order valence-electron chi connectivity index (χ3n) is 6.92. The van der Waals surface area contributed by atoms with Gasteiger partial charge in [0.1, 0.15) is 5.69 Å². The highest BCUT2D eigenvalue weighted by Crippen LogP contribution is 2.46. The molecule has 7 nitrogen and oxygen atoms in total. The Bertz CT molecular complexity index is 1300. The molecular formula is C26H31N5O2S. The number of aliphatic imine (C=N–C) groups is 2. The van der Waals surface area contributed by atoms with Crippen LogP contribution in [0.1, 0.15) is 32.3 Å². The quantitative estimate of drug-likeness (QED) is 0.665. The highest BCUT2D eigenvalue weighted by atomic mass is 32.2. The summed E-state index contributed by atoms with van der Waals surface area (Å²) >= 11 is 0. The van der Waals surface area contributed by atoms with Gasteiger partial charge in [0, 0.05) is 41.6 Å². The zero-order valence-corrected chi connectivity index (χ0v) is 20.8. The molecule has 4 heterocycles. The van der Waals surface area contributed by atoms with Gasteiger partial charge in [-0.2, -0.15) is 0 Å². The van der Waals surface area contributed by atoms with Crippen molar-refractivity contribution in [3.8, 4) is 11.1 Å². The summed E-state index contributed by atoms with van der Waals surface area (Å²) in [6.07, 6.45) is 8.26. The number of rotatable bonds is 6. The number of likely N-dealkylation sites (tertiary alicyclic amines) is 1. The Kier molecular flexibility index (Phi) is 6.12. The molecule has 5 rings (SSSR count). The number of hydrogen-bond donors (Lipinski definition) is 1. The molecule has 2 aromatic rings. The van der Waals surface area contributed by atoms with Gasteiger partial charge < -0.3 is 10.2 Å². The molecule has 8 heteroatoms. The minimum absolute atomic E-state index is 0.0667. The number of aromatic nitrogens is 1. The molecule has 1 atom stereocenters. The van der Waals surface area contributed by atoms with Crippen molar-refractivity contribution in [2.45, 2.75) is 31.6 Å². The molecule has 1 saturated heterocycles. The summed E-state index contributed by atoms with van der Waals surface area (Å²) in [5.74, 6) is 2.33. The Hall–Kier alpha value is -2.84. The smallest absolute Gasteiger partial charge is 0.178 e. The van der Waals surface area contributed by atoms with E-state index in [1.807, 2.05) is 18.5 Å². The van der Waals surface area contributed by atoms with Crippen molar-refractivity contribution < 1.29 is 8.42 Å². The number of allylic oxidation sites excluding steroid dienone is 1. The van der Waals surface area contributed by atoms with E-state index in [1.54, 1.807) is 25.1 Å². The van der Waals surface area contributed by atoms with Crippen molar-refractivity contribution >= 4 is 39.0 Å². The number of amidine groups is 1. The number of hydrogen-bond acceptors (Lipinski definition) is 7. The number of nitrogens with zero attached hydrogens (tertiary/aromatic N) is 4. The summed E-state index contributed by atoms with van der Waals surface area (Å²) in [5.41, 5.74) is 4.46. The number of nitrogens with one attached hydrogen (secondary N) is 1. The van der Waals surface area contributed by atoms with Crippen LogP contribution in [0.3, 0.4) is 0 Å². The zero-order valence-electron chi connectivity index (χ0n) is 20.0. The SMILES string of the molecule is CCS(=O)(=O)c1cccc(-c2cnc(NCC3CCN(C)CC3)c3c2C2=CC(C)C=NC2=N3)c1. The van der Waals surface area contributed by atoms with Gasteiger partial charge in [-0.1, -0.05) is 32.1 Å². The molecule has 0 aliphatic carbocycles. The van der Waals surface area contributed by atoms with E-state index in [2.05, 4.69) is 35.3 Å². The Morgan fingerprint density at radius 2 is 2.00 bits per heavy atom.